The van der Waals surface area contributed by atoms with Crippen LogP contribution in [0.1, 0.15) is 18.4 Å². The normalized spacial score (nSPS) is 14.1. The molecular formula is C15H20ClN3O2. The summed E-state index contributed by atoms with van der Waals surface area (Å²) >= 11 is 5.82. The molecule has 1 aromatic carbocycles. The minimum absolute atomic E-state index is 0.0311. The monoisotopic (exact) mass is 309 g/mol. The van der Waals surface area contributed by atoms with Crippen molar-refractivity contribution in [1.82, 2.24) is 15.5 Å². The Balaban J connectivity index is 1.57. The number of amides is 3. The molecule has 5 nitrogen and oxygen atoms in total. The van der Waals surface area contributed by atoms with Crippen LogP contribution in [0.5, 0.6) is 0 Å². The zero-order valence-electron chi connectivity index (χ0n) is 11.9. The van der Waals surface area contributed by atoms with Crippen LogP contribution in [0.2, 0.25) is 5.02 Å². The average molecular weight is 310 g/mol. The number of urea groups is 1. The van der Waals surface area contributed by atoms with Crippen LogP contribution in [0.15, 0.2) is 24.3 Å². The maximum Gasteiger partial charge on any atom is 0.317 e. The molecule has 0 unspecified atom stereocenters. The van der Waals surface area contributed by atoms with E-state index < -0.39 is 0 Å². The first-order chi connectivity index (χ1) is 10.1. The standard InChI is InChI=1S/C15H20ClN3O2/c16-13-6-4-12(5-7-13)2-1-3-14(20)17-8-10-19-11-9-18-15(19)21/h4-7H,1-3,8-11H2,(H,17,20)(H,18,21). The fourth-order valence-electron chi connectivity index (χ4n) is 2.25. The fourth-order valence-corrected chi connectivity index (χ4v) is 2.37. The number of aryl methyl sites for hydroxylation is 1. The van der Waals surface area contributed by atoms with E-state index in [9.17, 15) is 9.59 Å². The summed E-state index contributed by atoms with van der Waals surface area (Å²) < 4.78 is 0. The highest BCUT2D eigenvalue weighted by molar-refractivity contribution is 6.30. The summed E-state index contributed by atoms with van der Waals surface area (Å²) in [5.41, 5.74) is 1.18. The summed E-state index contributed by atoms with van der Waals surface area (Å²) in [5.74, 6) is 0.0311. The lowest BCUT2D eigenvalue weighted by Gasteiger charge is -2.14. The Morgan fingerprint density at radius 3 is 2.76 bits per heavy atom. The molecule has 1 saturated heterocycles. The van der Waals surface area contributed by atoms with E-state index in [1.54, 1.807) is 4.90 Å². The van der Waals surface area contributed by atoms with Crippen molar-refractivity contribution in [3.05, 3.63) is 34.9 Å². The lowest BCUT2D eigenvalue weighted by atomic mass is 10.1. The minimum atomic E-state index is -0.0491. The van der Waals surface area contributed by atoms with Crippen LogP contribution in [-0.2, 0) is 11.2 Å². The van der Waals surface area contributed by atoms with Gasteiger partial charge >= 0.3 is 6.03 Å². The SMILES string of the molecule is O=C(CCCc1ccc(Cl)cc1)NCCN1CCNC1=O. The summed E-state index contributed by atoms with van der Waals surface area (Å²) in [6.45, 7) is 2.47. The van der Waals surface area contributed by atoms with Gasteiger partial charge in [-0.05, 0) is 30.5 Å². The van der Waals surface area contributed by atoms with Gasteiger partial charge in [-0.15, -0.1) is 0 Å². The van der Waals surface area contributed by atoms with E-state index in [1.807, 2.05) is 24.3 Å². The minimum Gasteiger partial charge on any atom is -0.354 e. The number of carbonyl (C=O) groups is 2. The number of nitrogens with one attached hydrogen (secondary N) is 2. The highest BCUT2D eigenvalue weighted by Gasteiger charge is 2.18. The molecule has 1 aliphatic rings. The second kappa shape index (κ2) is 7.88. The van der Waals surface area contributed by atoms with Crippen molar-refractivity contribution < 1.29 is 9.59 Å². The van der Waals surface area contributed by atoms with Gasteiger partial charge in [0.2, 0.25) is 5.91 Å². The fraction of sp³-hybridized carbons (Fsp3) is 0.467. The molecule has 0 bridgehead atoms. The van der Waals surface area contributed by atoms with E-state index in [-0.39, 0.29) is 11.9 Å². The second-order valence-corrected chi connectivity index (χ2v) is 5.49. The first-order valence-electron chi connectivity index (χ1n) is 7.19. The number of hydrogen-bond acceptors (Lipinski definition) is 2. The van der Waals surface area contributed by atoms with Gasteiger partial charge < -0.3 is 15.5 Å². The van der Waals surface area contributed by atoms with Crippen molar-refractivity contribution in [2.24, 2.45) is 0 Å². The smallest absolute Gasteiger partial charge is 0.317 e. The van der Waals surface area contributed by atoms with Crippen LogP contribution < -0.4 is 10.6 Å². The van der Waals surface area contributed by atoms with Crippen LogP contribution in [0.25, 0.3) is 0 Å². The maximum atomic E-state index is 11.7. The third-order valence-corrected chi connectivity index (χ3v) is 3.68. The molecule has 0 atom stereocenters. The Morgan fingerprint density at radius 1 is 1.33 bits per heavy atom. The first kappa shape index (κ1) is 15.6. The van der Waals surface area contributed by atoms with Crippen molar-refractivity contribution >= 4 is 23.5 Å². The van der Waals surface area contributed by atoms with Gasteiger partial charge in [0.1, 0.15) is 0 Å². The lowest BCUT2D eigenvalue weighted by Crippen LogP contribution is -2.36. The van der Waals surface area contributed by atoms with Gasteiger partial charge in [-0.1, -0.05) is 23.7 Å². The van der Waals surface area contributed by atoms with Gasteiger partial charge in [0.05, 0.1) is 0 Å². The topological polar surface area (TPSA) is 61.4 Å². The molecule has 1 fully saturated rings. The summed E-state index contributed by atoms with van der Waals surface area (Å²) in [6.07, 6.45) is 2.16. The molecule has 1 heterocycles. The Bertz CT molecular complexity index is 490. The molecule has 3 amide bonds. The highest BCUT2D eigenvalue weighted by atomic mass is 35.5. The van der Waals surface area contributed by atoms with Crippen LogP contribution in [0.4, 0.5) is 4.79 Å². The molecule has 2 rings (SSSR count). The molecule has 114 valence electrons. The van der Waals surface area contributed by atoms with Crippen LogP contribution >= 0.6 is 11.6 Å². The third-order valence-electron chi connectivity index (χ3n) is 3.43. The van der Waals surface area contributed by atoms with E-state index >= 15 is 0 Å². The zero-order chi connectivity index (χ0) is 15.1. The first-order valence-corrected chi connectivity index (χ1v) is 7.57. The van der Waals surface area contributed by atoms with Gasteiger partial charge in [0, 0.05) is 37.6 Å². The number of rotatable bonds is 7. The van der Waals surface area contributed by atoms with Crippen LogP contribution in [-0.4, -0.2) is 43.0 Å². The summed E-state index contributed by atoms with van der Waals surface area (Å²) in [6, 6.07) is 7.63. The number of benzene rings is 1. The molecule has 0 radical (unpaired) electrons. The Labute approximate surface area is 129 Å². The Hall–Kier alpha value is -1.75. The van der Waals surface area contributed by atoms with Gasteiger partial charge in [0.25, 0.3) is 0 Å². The lowest BCUT2D eigenvalue weighted by molar-refractivity contribution is -0.121. The highest BCUT2D eigenvalue weighted by Crippen LogP contribution is 2.11. The van der Waals surface area contributed by atoms with Gasteiger partial charge in [-0.3, -0.25) is 4.79 Å². The molecule has 0 spiro atoms. The molecule has 0 aromatic heterocycles. The van der Waals surface area contributed by atoms with Gasteiger partial charge in [0.15, 0.2) is 0 Å². The predicted molar refractivity (Wildman–Crippen MR) is 82.4 cm³/mol. The largest absolute Gasteiger partial charge is 0.354 e. The van der Waals surface area contributed by atoms with E-state index in [1.165, 1.54) is 5.56 Å². The number of carbonyl (C=O) groups excluding carboxylic acids is 2. The van der Waals surface area contributed by atoms with Gasteiger partial charge in [-0.2, -0.15) is 0 Å². The second-order valence-electron chi connectivity index (χ2n) is 5.05. The number of halogens is 1. The number of nitrogens with zero attached hydrogens (tertiary/aromatic N) is 1. The van der Waals surface area contributed by atoms with E-state index in [0.717, 1.165) is 17.9 Å². The summed E-state index contributed by atoms with van der Waals surface area (Å²) in [5, 5.41) is 6.30. The molecule has 6 heteroatoms. The van der Waals surface area contributed by atoms with E-state index in [0.29, 0.717) is 32.6 Å². The van der Waals surface area contributed by atoms with E-state index in [2.05, 4.69) is 10.6 Å². The molecule has 1 aromatic rings. The predicted octanol–water partition coefficient (Wildman–Crippen LogP) is 1.80. The van der Waals surface area contributed by atoms with Crippen LogP contribution in [0.3, 0.4) is 0 Å². The molecule has 0 saturated carbocycles. The Kier molecular flexibility index (Phi) is 5.87. The van der Waals surface area contributed by atoms with Crippen LogP contribution in [0, 0.1) is 0 Å². The molecular weight excluding hydrogens is 290 g/mol. The molecule has 2 N–H and O–H groups in total. The number of hydrogen-bond donors (Lipinski definition) is 2. The molecule has 0 aliphatic carbocycles. The average Bonchev–Trinajstić information content (AvgIpc) is 2.87. The summed E-state index contributed by atoms with van der Waals surface area (Å²) in [4.78, 5) is 24.7. The third kappa shape index (κ3) is 5.27. The maximum absolute atomic E-state index is 11.7. The van der Waals surface area contributed by atoms with Crippen molar-refractivity contribution in [2.75, 3.05) is 26.2 Å². The zero-order valence-corrected chi connectivity index (χ0v) is 12.7. The van der Waals surface area contributed by atoms with Crippen molar-refractivity contribution in [3.63, 3.8) is 0 Å². The van der Waals surface area contributed by atoms with Crippen molar-refractivity contribution in [3.8, 4) is 0 Å². The quantitative estimate of drug-likeness (QED) is 0.807. The van der Waals surface area contributed by atoms with E-state index in [4.69, 9.17) is 11.6 Å². The molecule has 1 aliphatic heterocycles. The van der Waals surface area contributed by atoms with Crippen molar-refractivity contribution in [1.29, 1.82) is 0 Å². The van der Waals surface area contributed by atoms with Crippen molar-refractivity contribution in [2.45, 2.75) is 19.3 Å². The Morgan fingerprint density at radius 2 is 2.10 bits per heavy atom. The molecule has 21 heavy (non-hydrogen) atoms. The van der Waals surface area contributed by atoms with Gasteiger partial charge in [-0.25, -0.2) is 4.79 Å². The summed E-state index contributed by atoms with van der Waals surface area (Å²) in [7, 11) is 0.